The lowest BCUT2D eigenvalue weighted by Crippen LogP contribution is -2.15. The minimum atomic E-state index is -4.42. The van der Waals surface area contributed by atoms with E-state index in [1.54, 1.807) is 0 Å². The van der Waals surface area contributed by atoms with Crippen LogP contribution >= 0.6 is 11.6 Å². The molecule has 1 aromatic heterocycles. The van der Waals surface area contributed by atoms with Gasteiger partial charge in [0.15, 0.2) is 17.5 Å². The molecule has 0 amide bonds. The molecule has 0 fully saturated rings. The van der Waals surface area contributed by atoms with E-state index < -0.39 is 32.4 Å². The molecule has 0 saturated carbocycles. The molecule has 106 valence electrons. The first-order valence-electron chi connectivity index (χ1n) is 5.09. The van der Waals surface area contributed by atoms with E-state index in [9.17, 15) is 21.6 Å². The van der Waals surface area contributed by atoms with Gasteiger partial charge in [-0.15, -0.1) is 0 Å². The van der Waals surface area contributed by atoms with Crippen molar-refractivity contribution in [3.05, 3.63) is 53.1 Å². The van der Waals surface area contributed by atoms with Crippen LogP contribution in [0.5, 0.6) is 0 Å². The van der Waals surface area contributed by atoms with Crippen LogP contribution in [0, 0.1) is 17.5 Å². The van der Waals surface area contributed by atoms with E-state index in [1.807, 2.05) is 4.72 Å². The number of sulfonamides is 1. The second-order valence-electron chi connectivity index (χ2n) is 3.65. The van der Waals surface area contributed by atoms with Gasteiger partial charge in [-0.3, -0.25) is 4.72 Å². The summed E-state index contributed by atoms with van der Waals surface area (Å²) in [7, 11) is -4.42. The maximum absolute atomic E-state index is 13.5. The summed E-state index contributed by atoms with van der Waals surface area (Å²) >= 11 is 5.57. The number of pyridine rings is 1. The van der Waals surface area contributed by atoms with Crippen molar-refractivity contribution in [3.63, 3.8) is 0 Å². The number of benzene rings is 1. The van der Waals surface area contributed by atoms with Crippen molar-refractivity contribution in [3.8, 4) is 0 Å². The average Bonchev–Trinajstić information content (AvgIpc) is 2.35. The summed E-state index contributed by atoms with van der Waals surface area (Å²) in [6.07, 6.45) is 1.22. The molecule has 0 saturated heterocycles. The molecule has 0 spiro atoms. The van der Waals surface area contributed by atoms with E-state index >= 15 is 0 Å². The molecular weight excluding hydrogens is 317 g/mol. The summed E-state index contributed by atoms with van der Waals surface area (Å²) < 4.78 is 65.1. The maximum atomic E-state index is 13.5. The molecule has 0 aliphatic rings. The van der Waals surface area contributed by atoms with Gasteiger partial charge in [0.25, 0.3) is 10.0 Å². The normalized spacial score (nSPS) is 11.4. The number of nitrogens with zero attached hydrogens (tertiary/aromatic N) is 1. The number of anilines is 1. The third-order valence-corrected chi connectivity index (χ3v) is 3.87. The lowest BCUT2D eigenvalue weighted by atomic mass is 10.3. The summed E-state index contributed by atoms with van der Waals surface area (Å²) in [5, 5.41) is 0.0101. The Morgan fingerprint density at radius 1 is 1.10 bits per heavy atom. The van der Waals surface area contributed by atoms with Crippen LogP contribution in [0.1, 0.15) is 0 Å². The molecular formula is C11H6ClF3N2O2S. The van der Waals surface area contributed by atoms with E-state index in [0.29, 0.717) is 12.1 Å². The van der Waals surface area contributed by atoms with E-state index in [-0.39, 0.29) is 10.8 Å². The van der Waals surface area contributed by atoms with Crippen molar-refractivity contribution in [1.29, 1.82) is 0 Å². The minimum absolute atomic E-state index is 0.00846. The zero-order valence-electron chi connectivity index (χ0n) is 9.57. The quantitative estimate of drug-likeness (QED) is 0.698. The highest BCUT2D eigenvalue weighted by atomic mass is 35.5. The van der Waals surface area contributed by atoms with Crippen LogP contribution < -0.4 is 4.72 Å². The molecule has 1 N–H and O–H groups in total. The smallest absolute Gasteiger partial charge is 0.264 e. The highest BCUT2D eigenvalue weighted by Crippen LogP contribution is 2.22. The van der Waals surface area contributed by atoms with Crippen LogP contribution in [-0.4, -0.2) is 13.4 Å². The first-order chi connectivity index (χ1) is 9.31. The van der Waals surface area contributed by atoms with E-state index in [0.717, 1.165) is 0 Å². The predicted molar refractivity (Wildman–Crippen MR) is 66.4 cm³/mol. The molecule has 1 aromatic carbocycles. The van der Waals surface area contributed by atoms with Gasteiger partial charge in [0.2, 0.25) is 0 Å². The van der Waals surface area contributed by atoms with Crippen molar-refractivity contribution in [2.24, 2.45) is 0 Å². The number of hydrogen-bond donors (Lipinski definition) is 1. The van der Waals surface area contributed by atoms with Crippen molar-refractivity contribution in [1.82, 2.24) is 4.98 Å². The second kappa shape index (κ2) is 5.29. The van der Waals surface area contributed by atoms with Crippen LogP contribution in [0.2, 0.25) is 5.15 Å². The largest absolute Gasteiger partial charge is 0.279 e. The standard InChI is InChI=1S/C11H6ClF3N2O2S/c12-9-5-6(3-4-16-9)17-20(18,19)8-2-1-7(13)10(14)11(8)15/h1-5H,(H,16,17). The number of aromatic nitrogens is 1. The lowest BCUT2D eigenvalue weighted by molar-refractivity contribution is 0.432. The summed E-state index contributed by atoms with van der Waals surface area (Å²) in [4.78, 5) is 2.62. The first kappa shape index (κ1) is 14.6. The Hall–Kier alpha value is -1.80. The number of halogens is 4. The van der Waals surface area contributed by atoms with Gasteiger partial charge in [-0.1, -0.05) is 11.6 Å². The van der Waals surface area contributed by atoms with Crippen molar-refractivity contribution < 1.29 is 21.6 Å². The highest BCUT2D eigenvalue weighted by molar-refractivity contribution is 7.92. The Morgan fingerprint density at radius 2 is 1.80 bits per heavy atom. The molecule has 9 heteroatoms. The molecule has 2 aromatic rings. The fourth-order valence-corrected chi connectivity index (χ4v) is 2.69. The van der Waals surface area contributed by atoms with Gasteiger partial charge in [0.05, 0.1) is 5.69 Å². The van der Waals surface area contributed by atoms with Crippen molar-refractivity contribution in [2.45, 2.75) is 4.90 Å². The van der Waals surface area contributed by atoms with Gasteiger partial charge >= 0.3 is 0 Å². The monoisotopic (exact) mass is 322 g/mol. The van der Waals surface area contributed by atoms with Crippen LogP contribution in [0.3, 0.4) is 0 Å². The van der Waals surface area contributed by atoms with Crippen LogP contribution in [-0.2, 0) is 10.0 Å². The van der Waals surface area contributed by atoms with Gasteiger partial charge in [0, 0.05) is 6.20 Å². The van der Waals surface area contributed by atoms with Gasteiger partial charge in [0.1, 0.15) is 10.0 Å². The topological polar surface area (TPSA) is 59.1 Å². The molecule has 20 heavy (non-hydrogen) atoms. The van der Waals surface area contributed by atoms with Gasteiger partial charge in [-0.2, -0.15) is 0 Å². The van der Waals surface area contributed by atoms with Gasteiger partial charge in [-0.05, 0) is 24.3 Å². The summed E-state index contributed by atoms with van der Waals surface area (Å²) in [5.74, 6) is -5.13. The Kier molecular flexibility index (Phi) is 3.87. The summed E-state index contributed by atoms with van der Waals surface area (Å²) in [6.45, 7) is 0. The van der Waals surface area contributed by atoms with Crippen molar-refractivity contribution >= 4 is 27.3 Å². The zero-order chi connectivity index (χ0) is 14.9. The molecule has 0 unspecified atom stereocenters. The lowest BCUT2D eigenvalue weighted by Gasteiger charge is -2.09. The molecule has 0 aliphatic carbocycles. The molecule has 0 aliphatic heterocycles. The van der Waals surface area contributed by atoms with Crippen molar-refractivity contribution in [2.75, 3.05) is 4.72 Å². The molecule has 4 nitrogen and oxygen atoms in total. The number of nitrogens with one attached hydrogen (secondary N) is 1. The zero-order valence-corrected chi connectivity index (χ0v) is 11.1. The van der Waals surface area contributed by atoms with Crippen LogP contribution in [0.25, 0.3) is 0 Å². The molecule has 2 rings (SSSR count). The fraction of sp³-hybridized carbons (Fsp3) is 0. The second-order valence-corrected chi connectivity index (χ2v) is 5.68. The Morgan fingerprint density at radius 3 is 2.45 bits per heavy atom. The molecule has 0 atom stereocenters. The van der Waals surface area contributed by atoms with Gasteiger partial charge in [-0.25, -0.2) is 26.6 Å². The highest BCUT2D eigenvalue weighted by Gasteiger charge is 2.24. The number of hydrogen-bond acceptors (Lipinski definition) is 3. The Bertz CT molecular complexity index is 768. The van der Waals surface area contributed by atoms with Crippen LogP contribution in [0.4, 0.5) is 18.9 Å². The third-order valence-electron chi connectivity index (χ3n) is 2.27. The van der Waals surface area contributed by atoms with E-state index in [2.05, 4.69) is 4.98 Å². The third kappa shape index (κ3) is 2.86. The molecule has 1 heterocycles. The number of rotatable bonds is 3. The SMILES string of the molecule is O=S(=O)(Nc1ccnc(Cl)c1)c1ccc(F)c(F)c1F. The van der Waals surface area contributed by atoms with Gasteiger partial charge < -0.3 is 0 Å². The molecule has 0 bridgehead atoms. The average molecular weight is 323 g/mol. The van der Waals surface area contributed by atoms with E-state index in [1.165, 1.54) is 18.3 Å². The fourth-order valence-electron chi connectivity index (χ4n) is 1.39. The summed E-state index contributed by atoms with van der Waals surface area (Å²) in [5.41, 5.74) is 0.00846. The summed E-state index contributed by atoms with van der Waals surface area (Å²) in [6, 6.07) is 3.59. The molecule has 0 radical (unpaired) electrons. The first-order valence-corrected chi connectivity index (χ1v) is 6.95. The Labute approximate surface area is 117 Å². The predicted octanol–water partition coefficient (Wildman–Crippen LogP) is 2.95. The Balaban J connectivity index is 2.44. The maximum Gasteiger partial charge on any atom is 0.264 e. The van der Waals surface area contributed by atoms with E-state index in [4.69, 9.17) is 11.6 Å². The minimum Gasteiger partial charge on any atom is -0.279 e. The van der Waals surface area contributed by atoms with Crippen LogP contribution in [0.15, 0.2) is 35.4 Å².